The Kier molecular flexibility index (Phi) is 4.71. The zero-order chi connectivity index (χ0) is 17.4. The molecular weight excluding hydrogens is 296 g/mol. The number of methoxy groups -OCH3 is 1. The van der Waals surface area contributed by atoms with Crippen molar-refractivity contribution < 1.29 is 24.2 Å². The third-order valence-electron chi connectivity index (χ3n) is 4.62. The molecule has 0 amide bonds. The monoisotopic (exact) mass is 318 g/mol. The van der Waals surface area contributed by atoms with E-state index in [9.17, 15) is 19.5 Å². The van der Waals surface area contributed by atoms with Crippen LogP contribution in [0.2, 0.25) is 0 Å². The Morgan fingerprint density at radius 3 is 2.43 bits per heavy atom. The zero-order valence-corrected chi connectivity index (χ0v) is 13.8. The van der Waals surface area contributed by atoms with Gasteiger partial charge in [0.05, 0.1) is 24.5 Å². The van der Waals surface area contributed by atoms with Gasteiger partial charge in [0.15, 0.2) is 0 Å². The fourth-order valence-electron chi connectivity index (χ4n) is 3.76. The minimum Gasteiger partial charge on any atom is -0.497 e. The molecule has 1 aliphatic rings. The van der Waals surface area contributed by atoms with E-state index in [1.54, 1.807) is 24.3 Å². The van der Waals surface area contributed by atoms with Gasteiger partial charge in [-0.25, -0.2) is 0 Å². The summed E-state index contributed by atoms with van der Waals surface area (Å²) >= 11 is 0. The standard InChI is InChI=1S/C18H22O5/c1-10(19)15-14(21)9-18(3,22)17(11(2)20)16(15)12-6-5-7-13(8-12)23-4/h5-8,15-17,22H,9H2,1-4H3/t15-,16-,17+,18+/m1/s1. The summed E-state index contributed by atoms with van der Waals surface area (Å²) in [6.45, 7) is 4.23. The van der Waals surface area contributed by atoms with E-state index < -0.39 is 23.4 Å². The summed E-state index contributed by atoms with van der Waals surface area (Å²) in [5, 5.41) is 10.6. The van der Waals surface area contributed by atoms with Crippen molar-refractivity contribution in [1.29, 1.82) is 0 Å². The van der Waals surface area contributed by atoms with E-state index in [1.807, 2.05) is 0 Å². The van der Waals surface area contributed by atoms with Gasteiger partial charge in [0.2, 0.25) is 0 Å². The number of carbonyl (C=O) groups excluding carboxylic acids is 3. The highest BCUT2D eigenvalue weighted by molar-refractivity contribution is 6.05. The fourth-order valence-corrected chi connectivity index (χ4v) is 3.76. The van der Waals surface area contributed by atoms with Gasteiger partial charge < -0.3 is 9.84 Å². The predicted molar refractivity (Wildman–Crippen MR) is 84.3 cm³/mol. The third kappa shape index (κ3) is 3.20. The molecule has 5 nitrogen and oxygen atoms in total. The van der Waals surface area contributed by atoms with E-state index in [-0.39, 0.29) is 23.8 Å². The van der Waals surface area contributed by atoms with Gasteiger partial charge in [-0.1, -0.05) is 12.1 Å². The molecule has 4 atom stereocenters. The van der Waals surface area contributed by atoms with Crippen LogP contribution in [0.4, 0.5) is 0 Å². The van der Waals surface area contributed by atoms with E-state index in [0.717, 1.165) is 0 Å². The lowest BCUT2D eigenvalue weighted by Gasteiger charge is -2.44. The highest BCUT2D eigenvalue weighted by atomic mass is 16.5. The summed E-state index contributed by atoms with van der Waals surface area (Å²) in [6, 6.07) is 6.97. The largest absolute Gasteiger partial charge is 0.497 e. The molecule has 2 rings (SSSR count). The molecule has 0 bridgehead atoms. The molecule has 1 aromatic rings. The molecule has 0 radical (unpaired) electrons. The number of ketones is 3. The van der Waals surface area contributed by atoms with Crippen LogP contribution >= 0.6 is 0 Å². The third-order valence-corrected chi connectivity index (χ3v) is 4.62. The SMILES string of the molecule is COc1cccc([C@@H]2[C@H](C(C)=O)C(=O)C[C@](C)(O)[C@H]2C(C)=O)c1. The van der Waals surface area contributed by atoms with Gasteiger partial charge in [-0.15, -0.1) is 0 Å². The van der Waals surface area contributed by atoms with Crippen molar-refractivity contribution in [2.45, 2.75) is 38.7 Å². The van der Waals surface area contributed by atoms with E-state index in [0.29, 0.717) is 11.3 Å². The molecule has 0 aromatic heterocycles. The van der Waals surface area contributed by atoms with Crippen molar-refractivity contribution in [3.05, 3.63) is 29.8 Å². The van der Waals surface area contributed by atoms with Crippen molar-refractivity contribution in [3.8, 4) is 5.75 Å². The van der Waals surface area contributed by atoms with Crippen LogP contribution in [0.5, 0.6) is 5.75 Å². The average molecular weight is 318 g/mol. The molecule has 124 valence electrons. The molecule has 0 spiro atoms. The van der Waals surface area contributed by atoms with Crippen LogP contribution in [0.25, 0.3) is 0 Å². The lowest BCUT2D eigenvalue weighted by Crippen LogP contribution is -2.53. The van der Waals surface area contributed by atoms with Crippen molar-refractivity contribution >= 4 is 17.3 Å². The summed E-state index contributed by atoms with van der Waals surface area (Å²) < 4.78 is 5.20. The molecular formula is C18H22O5. The highest BCUT2D eigenvalue weighted by Crippen LogP contribution is 2.46. The maximum Gasteiger partial charge on any atom is 0.146 e. The van der Waals surface area contributed by atoms with Crippen molar-refractivity contribution in [2.24, 2.45) is 11.8 Å². The van der Waals surface area contributed by atoms with Gasteiger partial charge in [0.1, 0.15) is 23.1 Å². The quantitative estimate of drug-likeness (QED) is 0.858. The topological polar surface area (TPSA) is 80.7 Å². The van der Waals surface area contributed by atoms with Crippen molar-refractivity contribution in [1.82, 2.24) is 0 Å². The smallest absolute Gasteiger partial charge is 0.146 e. The molecule has 1 aliphatic carbocycles. The molecule has 5 heteroatoms. The van der Waals surface area contributed by atoms with E-state index in [2.05, 4.69) is 0 Å². The molecule has 0 saturated heterocycles. The lowest BCUT2D eigenvalue weighted by atomic mass is 9.60. The molecule has 1 fully saturated rings. The Balaban J connectivity index is 2.64. The van der Waals surface area contributed by atoms with E-state index in [1.165, 1.54) is 27.9 Å². The maximum atomic E-state index is 12.4. The van der Waals surface area contributed by atoms with Crippen molar-refractivity contribution in [3.63, 3.8) is 0 Å². The number of hydrogen-bond donors (Lipinski definition) is 1. The highest BCUT2D eigenvalue weighted by Gasteiger charge is 2.53. The van der Waals surface area contributed by atoms with Crippen LogP contribution in [-0.4, -0.2) is 35.2 Å². The van der Waals surface area contributed by atoms with Crippen LogP contribution in [0, 0.1) is 11.8 Å². The summed E-state index contributed by atoms with van der Waals surface area (Å²) in [4.78, 5) is 36.7. The number of ether oxygens (including phenoxy) is 1. The molecule has 0 unspecified atom stereocenters. The molecule has 1 N–H and O–H groups in total. The Morgan fingerprint density at radius 2 is 1.91 bits per heavy atom. The molecule has 1 saturated carbocycles. The van der Waals surface area contributed by atoms with Crippen LogP contribution in [0.3, 0.4) is 0 Å². The Bertz CT molecular complexity index is 647. The number of carbonyl (C=O) groups is 3. The Morgan fingerprint density at radius 1 is 1.26 bits per heavy atom. The molecule has 1 aromatic carbocycles. The summed E-state index contributed by atoms with van der Waals surface area (Å²) in [6.07, 6.45) is -0.192. The number of aliphatic hydroxyl groups is 1. The first-order chi connectivity index (χ1) is 10.7. The van der Waals surface area contributed by atoms with E-state index in [4.69, 9.17) is 4.74 Å². The van der Waals surface area contributed by atoms with Gasteiger partial charge >= 0.3 is 0 Å². The van der Waals surface area contributed by atoms with Gasteiger partial charge in [-0.3, -0.25) is 14.4 Å². The number of hydrogen-bond acceptors (Lipinski definition) is 5. The number of benzene rings is 1. The fraction of sp³-hybridized carbons (Fsp3) is 0.500. The minimum atomic E-state index is -1.47. The van der Waals surface area contributed by atoms with Crippen LogP contribution in [0.1, 0.15) is 38.7 Å². The Labute approximate surface area is 135 Å². The van der Waals surface area contributed by atoms with Crippen LogP contribution in [0.15, 0.2) is 24.3 Å². The minimum absolute atomic E-state index is 0.192. The molecule has 23 heavy (non-hydrogen) atoms. The van der Waals surface area contributed by atoms with Crippen LogP contribution < -0.4 is 4.74 Å². The van der Waals surface area contributed by atoms with Crippen molar-refractivity contribution in [2.75, 3.05) is 7.11 Å². The van der Waals surface area contributed by atoms with Gasteiger partial charge in [-0.05, 0) is 38.5 Å². The summed E-state index contributed by atoms with van der Waals surface area (Å²) in [7, 11) is 1.52. The molecule has 0 aliphatic heterocycles. The number of rotatable bonds is 4. The first-order valence-electron chi connectivity index (χ1n) is 7.59. The maximum absolute atomic E-state index is 12.4. The van der Waals surface area contributed by atoms with Gasteiger partial charge in [-0.2, -0.15) is 0 Å². The summed E-state index contributed by atoms with van der Waals surface area (Å²) in [5.41, 5.74) is -0.819. The second-order valence-electron chi connectivity index (χ2n) is 6.48. The average Bonchev–Trinajstić information content (AvgIpc) is 2.44. The van der Waals surface area contributed by atoms with Gasteiger partial charge in [0.25, 0.3) is 0 Å². The number of Topliss-reactive ketones (excluding diaryl/α,β-unsaturated/α-hetero) is 3. The second kappa shape index (κ2) is 6.24. The lowest BCUT2D eigenvalue weighted by molar-refractivity contribution is -0.151. The Hall–Kier alpha value is -2.01. The first-order valence-corrected chi connectivity index (χ1v) is 7.59. The van der Waals surface area contributed by atoms with E-state index >= 15 is 0 Å². The predicted octanol–water partition coefficient (Wildman–Crippen LogP) is 1.91. The van der Waals surface area contributed by atoms with Gasteiger partial charge in [0, 0.05) is 12.3 Å². The summed E-state index contributed by atoms with van der Waals surface area (Å²) in [5.74, 6) is -2.70. The normalized spacial score (nSPS) is 30.8. The molecule has 0 heterocycles. The first kappa shape index (κ1) is 17.3. The second-order valence-corrected chi connectivity index (χ2v) is 6.48. The zero-order valence-electron chi connectivity index (χ0n) is 13.8. The van der Waals surface area contributed by atoms with Crippen LogP contribution in [-0.2, 0) is 14.4 Å².